The second kappa shape index (κ2) is 4.04. The van der Waals surface area contributed by atoms with E-state index in [1.54, 1.807) is 0 Å². The number of carbonyl (C=O) groups is 2. The lowest BCUT2D eigenvalue weighted by Gasteiger charge is -2.03. The monoisotopic (exact) mass is 216 g/mol. The van der Waals surface area contributed by atoms with Gasteiger partial charge in [0.15, 0.2) is 11.6 Å². The number of benzene rings is 1. The minimum atomic E-state index is -1.61. The third kappa shape index (κ3) is 1.93. The number of hydrogen-bond acceptors (Lipinski definition) is 3. The van der Waals surface area contributed by atoms with Crippen molar-refractivity contribution in [1.29, 1.82) is 0 Å². The zero-order valence-electron chi connectivity index (χ0n) is 7.58. The number of carbonyl (C=O) groups excluding carboxylic acids is 1. The molecule has 1 aromatic rings. The summed E-state index contributed by atoms with van der Waals surface area (Å²) >= 11 is 0. The molecule has 6 heteroatoms. The Hall–Kier alpha value is -1.98. The number of esters is 1. The van der Waals surface area contributed by atoms with Gasteiger partial charge in [0.1, 0.15) is 0 Å². The van der Waals surface area contributed by atoms with Gasteiger partial charge in [0.2, 0.25) is 0 Å². The Balaban J connectivity index is 3.33. The molecule has 0 fully saturated rings. The van der Waals surface area contributed by atoms with E-state index in [1.807, 2.05) is 0 Å². The summed E-state index contributed by atoms with van der Waals surface area (Å²) in [5.41, 5.74) is -1.47. The molecule has 4 nitrogen and oxygen atoms in total. The second-order valence-electron chi connectivity index (χ2n) is 2.59. The van der Waals surface area contributed by atoms with Crippen LogP contribution in [0.3, 0.4) is 0 Å². The lowest BCUT2D eigenvalue weighted by Crippen LogP contribution is -2.10. The lowest BCUT2D eigenvalue weighted by atomic mass is 10.1. The first-order chi connectivity index (χ1) is 6.99. The molecule has 0 aliphatic carbocycles. The van der Waals surface area contributed by atoms with Crippen LogP contribution >= 0.6 is 0 Å². The van der Waals surface area contributed by atoms with E-state index in [9.17, 15) is 18.4 Å². The van der Waals surface area contributed by atoms with Crippen LogP contribution < -0.4 is 0 Å². The van der Waals surface area contributed by atoms with Crippen molar-refractivity contribution in [3.05, 3.63) is 34.9 Å². The van der Waals surface area contributed by atoms with Crippen LogP contribution in [-0.2, 0) is 4.74 Å². The van der Waals surface area contributed by atoms with Crippen LogP contribution in [-0.4, -0.2) is 24.2 Å². The Labute approximate surface area is 83.1 Å². The van der Waals surface area contributed by atoms with Crippen LogP contribution in [0.15, 0.2) is 12.1 Å². The van der Waals surface area contributed by atoms with E-state index in [2.05, 4.69) is 4.74 Å². The first kappa shape index (κ1) is 11.1. The minimum absolute atomic E-state index is 0.639. The number of ether oxygens (including phenoxy) is 1. The molecular weight excluding hydrogens is 210 g/mol. The zero-order valence-corrected chi connectivity index (χ0v) is 7.58. The Morgan fingerprint density at radius 2 is 1.67 bits per heavy atom. The van der Waals surface area contributed by atoms with Gasteiger partial charge >= 0.3 is 11.9 Å². The van der Waals surface area contributed by atoms with E-state index in [-0.39, 0.29) is 0 Å². The highest BCUT2D eigenvalue weighted by Gasteiger charge is 2.21. The van der Waals surface area contributed by atoms with Crippen molar-refractivity contribution in [2.24, 2.45) is 0 Å². The van der Waals surface area contributed by atoms with Crippen molar-refractivity contribution in [2.45, 2.75) is 0 Å². The van der Waals surface area contributed by atoms with Crippen molar-refractivity contribution in [3.8, 4) is 0 Å². The van der Waals surface area contributed by atoms with E-state index >= 15 is 0 Å². The fraction of sp³-hybridized carbons (Fsp3) is 0.111. The van der Waals surface area contributed by atoms with Crippen molar-refractivity contribution >= 4 is 11.9 Å². The lowest BCUT2D eigenvalue weighted by molar-refractivity contribution is 0.0590. The maximum atomic E-state index is 13.1. The summed E-state index contributed by atoms with van der Waals surface area (Å²) in [6.45, 7) is 0. The van der Waals surface area contributed by atoms with Crippen LogP contribution in [0.1, 0.15) is 20.7 Å². The fourth-order valence-corrected chi connectivity index (χ4v) is 0.982. The summed E-state index contributed by atoms with van der Waals surface area (Å²) in [4.78, 5) is 21.3. The predicted octanol–water partition coefficient (Wildman–Crippen LogP) is 1.45. The largest absolute Gasteiger partial charge is 0.478 e. The maximum absolute atomic E-state index is 13.1. The zero-order chi connectivity index (χ0) is 11.6. The molecule has 0 radical (unpaired) electrons. The molecule has 0 aromatic heterocycles. The molecule has 1 rings (SSSR count). The number of aromatic carboxylic acids is 1. The van der Waals surface area contributed by atoms with Gasteiger partial charge in [-0.15, -0.1) is 0 Å². The highest BCUT2D eigenvalue weighted by atomic mass is 19.2. The van der Waals surface area contributed by atoms with E-state index in [0.29, 0.717) is 0 Å². The van der Waals surface area contributed by atoms with Crippen LogP contribution in [0.2, 0.25) is 0 Å². The number of carboxylic acid groups (broad SMARTS) is 1. The molecule has 0 saturated heterocycles. The van der Waals surface area contributed by atoms with Gasteiger partial charge in [0, 0.05) is 0 Å². The van der Waals surface area contributed by atoms with Crippen molar-refractivity contribution in [3.63, 3.8) is 0 Å². The molecule has 80 valence electrons. The van der Waals surface area contributed by atoms with Crippen LogP contribution in [0.4, 0.5) is 8.78 Å². The molecule has 1 N–H and O–H groups in total. The number of halogens is 2. The maximum Gasteiger partial charge on any atom is 0.340 e. The fourth-order valence-electron chi connectivity index (χ4n) is 0.982. The van der Waals surface area contributed by atoms with Crippen LogP contribution in [0.5, 0.6) is 0 Å². The molecule has 0 heterocycles. The molecule has 15 heavy (non-hydrogen) atoms. The average molecular weight is 216 g/mol. The van der Waals surface area contributed by atoms with Gasteiger partial charge in [-0.3, -0.25) is 0 Å². The molecular formula is C9H6F2O4. The van der Waals surface area contributed by atoms with Gasteiger partial charge in [0.25, 0.3) is 0 Å². The van der Waals surface area contributed by atoms with E-state index in [4.69, 9.17) is 5.11 Å². The third-order valence-corrected chi connectivity index (χ3v) is 1.72. The third-order valence-electron chi connectivity index (χ3n) is 1.72. The van der Waals surface area contributed by atoms with Gasteiger partial charge in [-0.1, -0.05) is 0 Å². The minimum Gasteiger partial charge on any atom is -0.478 e. The van der Waals surface area contributed by atoms with Gasteiger partial charge < -0.3 is 9.84 Å². The second-order valence-corrected chi connectivity index (χ2v) is 2.59. The smallest absolute Gasteiger partial charge is 0.340 e. The molecule has 0 amide bonds. The molecule has 0 aliphatic heterocycles. The number of carboxylic acids is 1. The average Bonchev–Trinajstić information content (AvgIpc) is 2.20. The standard InChI is InChI=1S/C9H6F2O4/c1-15-9(14)5-3-2-4(8(12)13)6(10)7(5)11/h2-3H,1H3,(H,12,13). The highest BCUT2D eigenvalue weighted by molar-refractivity contribution is 5.93. The Morgan fingerprint density at radius 1 is 1.20 bits per heavy atom. The van der Waals surface area contributed by atoms with Gasteiger partial charge in [-0.25, -0.2) is 18.4 Å². The van der Waals surface area contributed by atoms with E-state index < -0.39 is 34.7 Å². The summed E-state index contributed by atoms with van der Waals surface area (Å²) in [7, 11) is 1.00. The molecule has 0 aliphatic rings. The number of hydrogen-bond donors (Lipinski definition) is 1. The van der Waals surface area contributed by atoms with E-state index in [1.165, 1.54) is 0 Å². The number of methoxy groups -OCH3 is 1. The van der Waals surface area contributed by atoms with Crippen molar-refractivity contribution in [2.75, 3.05) is 7.11 Å². The molecule has 0 bridgehead atoms. The summed E-state index contributed by atoms with van der Waals surface area (Å²) in [6, 6.07) is 1.65. The predicted molar refractivity (Wildman–Crippen MR) is 44.7 cm³/mol. The van der Waals surface area contributed by atoms with Gasteiger partial charge in [-0.2, -0.15) is 0 Å². The molecule has 1 aromatic carbocycles. The summed E-state index contributed by atoms with van der Waals surface area (Å²) in [5.74, 6) is -5.78. The van der Waals surface area contributed by atoms with Gasteiger partial charge in [0.05, 0.1) is 18.2 Å². The molecule has 0 unspecified atom stereocenters. The van der Waals surface area contributed by atoms with Crippen molar-refractivity contribution in [1.82, 2.24) is 0 Å². The SMILES string of the molecule is COC(=O)c1ccc(C(=O)O)c(F)c1F. The first-order valence-electron chi connectivity index (χ1n) is 3.78. The highest BCUT2D eigenvalue weighted by Crippen LogP contribution is 2.17. The number of rotatable bonds is 2. The van der Waals surface area contributed by atoms with Crippen molar-refractivity contribution < 1.29 is 28.2 Å². The Morgan fingerprint density at radius 3 is 2.13 bits per heavy atom. The van der Waals surface area contributed by atoms with Gasteiger partial charge in [-0.05, 0) is 12.1 Å². The topological polar surface area (TPSA) is 63.6 Å². The van der Waals surface area contributed by atoms with E-state index in [0.717, 1.165) is 19.2 Å². The molecule has 0 atom stereocenters. The summed E-state index contributed by atoms with van der Waals surface area (Å²) < 4.78 is 30.3. The normalized spacial score (nSPS) is 9.80. The van der Waals surface area contributed by atoms with Crippen LogP contribution in [0, 0.1) is 11.6 Å². The summed E-state index contributed by atoms with van der Waals surface area (Å²) in [6.07, 6.45) is 0. The van der Waals surface area contributed by atoms with Crippen LogP contribution in [0.25, 0.3) is 0 Å². The summed E-state index contributed by atoms with van der Waals surface area (Å²) in [5, 5.41) is 8.45. The first-order valence-corrected chi connectivity index (χ1v) is 3.78. The Bertz CT molecular complexity index is 428. The quantitative estimate of drug-likeness (QED) is 0.760. The Kier molecular flexibility index (Phi) is 2.99. The molecule has 0 saturated carbocycles. The molecule has 0 spiro atoms.